The van der Waals surface area contributed by atoms with Crippen molar-refractivity contribution in [3.8, 4) is 5.75 Å². The van der Waals surface area contributed by atoms with Crippen molar-refractivity contribution >= 4 is 5.91 Å². The Morgan fingerprint density at radius 3 is 2.48 bits per heavy atom. The largest absolute Gasteiger partial charge is 0.497 e. The number of piperidine rings is 1. The van der Waals surface area contributed by atoms with E-state index in [1.807, 2.05) is 24.3 Å². The first kappa shape index (κ1) is 20.1. The number of methoxy groups -OCH3 is 1. The third-order valence-corrected chi connectivity index (χ3v) is 5.68. The SMILES string of the molecule is COc1ccc(CNC(=O)CN2CCC(CCN3CCOCC3)CC2)cc1. The fourth-order valence-electron chi connectivity index (χ4n) is 3.83. The molecule has 1 amide bonds. The van der Waals surface area contributed by atoms with E-state index in [0.717, 1.165) is 56.6 Å². The number of carbonyl (C=O) groups excluding carboxylic acids is 1. The number of rotatable bonds is 8. The minimum Gasteiger partial charge on any atom is -0.497 e. The number of benzene rings is 1. The Hall–Kier alpha value is -1.63. The van der Waals surface area contributed by atoms with Crippen molar-refractivity contribution in [3.05, 3.63) is 29.8 Å². The summed E-state index contributed by atoms with van der Waals surface area (Å²) in [6, 6.07) is 7.81. The Labute approximate surface area is 162 Å². The van der Waals surface area contributed by atoms with Gasteiger partial charge in [-0.2, -0.15) is 0 Å². The van der Waals surface area contributed by atoms with Crippen molar-refractivity contribution in [2.45, 2.75) is 25.8 Å². The molecule has 2 aliphatic rings. The van der Waals surface area contributed by atoms with E-state index >= 15 is 0 Å². The van der Waals surface area contributed by atoms with Gasteiger partial charge in [0.1, 0.15) is 5.75 Å². The lowest BCUT2D eigenvalue weighted by molar-refractivity contribution is -0.122. The van der Waals surface area contributed by atoms with E-state index in [1.165, 1.54) is 25.8 Å². The van der Waals surface area contributed by atoms with Crippen LogP contribution in [-0.4, -0.2) is 75.3 Å². The van der Waals surface area contributed by atoms with Gasteiger partial charge in [0.25, 0.3) is 0 Å². The van der Waals surface area contributed by atoms with Crippen LogP contribution < -0.4 is 10.1 Å². The number of morpholine rings is 1. The molecule has 2 fully saturated rings. The van der Waals surface area contributed by atoms with Crippen LogP contribution in [0.4, 0.5) is 0 Å². The molecule has 6 heteroatoms. The van der Waals surface area contributed by atoms with Crippen LogP contribution in [0, 0.1) is 5.92 Å². The molecule has 2 saturated heterocycles. The highest BCUT2D eigenvalue weighted by Gasteiger charge is 2.21. The maximum Gasteiger partial charge on any atom is 0.234 e. The van der Waals surface area contributed by atoms with Gasteiger partial charge in [0.05, 0.1) is 26.9 Å². The van der Waals surface area contributed by atoms with Gasteiger partial charge >= 0.3 is 0 Å². The third kappa shape index (κ3) is 6.79. The Balaban J connectivity index is 1.29. The number of nitrogens with one attached hydrogen (secondary N) is 1. The molecule has 0 atom stereocenters. The van der Waals surface area contributed by atoms with Crippen LogP contribution in [-0.2, 0) is 16.1 Å². The van der Waals surface area contributed by atoms with Crippen molar-refractivity contribution in [3.63, 3.8) is 0 Å². The van der Waals surface area contributed by atoms with E-state index in [1.54, 1.807) is 7.11 Å². The number of nitrogens with zero attached hydrogens (tertiary/aromatic N) is 2. The minimum absolute atomic E-state index is 0.109. The Bertz CT molecular complexity index is 565. The normalized spacial score (nSPS) is 19.7. The molecular weight excluding hydrogens is 342 g/mol. The van der Waals surface area contributed by atoms with E-state index in [9.17, 15) is 4.79 Å². The van der Waals surface area contributed by atoms with Gasteiger partial charge in [0.2, 0.25) is 5.91 Å². The Morgan fingerprint density at radius 2 is 1.81 bits per heavy atom. The maximum atomic E-state index is 12.2. The van der Waals surface area contributed by atoms with Crippen molar-refractivity contribution in [1.82, 2.24) is 15.1 Å². The summed E-state index contributed by atoms with van der Waals surface area (Å²) in [5.41, 5.74) is 1.09. The molecular formula is C21H33N3O3. The topological polar surface area (TPSA) is 54.0 Å². The lowest BCUT2D eigenvalue weighted by atomic mass is 9.93. The summed E-state index contributed by atoms with van der Waals surface area (Å²) in [6.45, 7) is 8.24. The first-order valence-corrected chi connectivity index (χ1v) is 10.1. The van der Waals surface area contributed by atoms with Crippen LogP contribution >= 0.6 is 0 Å². The summed E-state index contributed by atoms with van der Waals surface area (Å²) in [5.74, 6) is 1.74. The standard InChI is InChI=1S/C21H33N3O3/c1-26-20-4-2-19(3-5-20)16-22-21(25)17-24-10-7-18(8-11-24)6-9-23-12-14-27-15-13-23/h2-5,18H,6-17H2,1H3,(H,22,25). The first-order chi connectivity index (χ1) is 13.2. The number of carbonyl (C=O) groups is 1. The molecule has 0 aliphatic carbocycles. The van der Waals surface area contributed by atoms with Gasteiger partial charge in [0, 0.05) is 19.6 Å². The second-order valence-electron chi connectivity index (χ2n) is 7.59. The zero-order chi connectivity index (χ0) is 18.9. The summed E-state index contributed by atoms with van der Waals surface area (Å²) in [6.07, 6.45) is 3.68. The molecule has 0 unspecified atom stereocenters. The van der Waals surface area contributed by atoms with Gasteiger partial charge in [-0.05, 0) is 62.5 Å². The van der Waals surface area contributed by atoms with Crippen LogP contribution in [0.3, 0.4) is 0 Å². The van der Waals surface area contributed by atoms with Crippen LogP contribution in [0.1, 0.15) is 24.8 Å². The zero-order valence-electron chi connectivity index (χ0n) is 16.5. The highest BCUT2D eigenvalue weighted by molar-refractivity contribution is 5.78. The van der Waals surface area contributed by atoms with E-state index in [2.05, 4.69) is 15.1 Å². The predicted octanol–water partition coefficient (Wildman–Crippen LogP) is 1.75. The van der Waals surface area contributed by atoms with Crippen molar-refractivity contribution in [2.24, 2.45) is 5.92 Å². The van der Waals surface area contributed by atoms with Crippen LogP contribution in [0.5, 0.6) is 5.75 Å². The number of likely N-dealkylation sites (tertiary alicyclic amines) is 1. The summed E-state index contributed by atoms with van der Waals surface area (Å²) < 4.78 is 10.6. The van der Waals surface area contributed by atoms with Crippen molar-refractivity contribution in [2.75, 3.05) is 59.6 Å². The van der Waals surface area contributed by atoms with Crippen LogP contribution in [0.2, 0.25) is 0 Å². The van der Waals surface area contributed by atoms with Gasteiger partial charge < -0.3 is 14.8 Å². The molecule has 0 radical (unpaired) electrons. The van der Waals surface area contributed by atoms with Crippen molar-refractivity contribution < 1.29 is 14.3 Å². The lowest BCUT2D eigenvalue weighted by Gasteiger charge is -2.33. The summed E-state index contributed by atoms with van der Waals surface area (Å²) in [4.78, 5) is 17.0. The van der Waals surface area contributed by atoms with E-state index in [0.29, 0.717) is 13.1 Å². The van der Waals surface area contributed by atoms with E-state index in [4.69, 9.17) is 9.47 Å². The molecule has 3 rings (SSSR count). The fourth-order valence-corrected chi connectivity index (χ4v) is 3.83. The molecule has 1 aromatic rings. The van der Waals surface area contributed by atoms with Crippen LogP contribution in [0.25, 0.3) is 0 Å². The molecule has 150 valence electrons. The maximum absolute atomic E-state index is 12.2. The second-order valence-corrected chi connectivity index (χ2v) is 7.59. The van der Waals surface area contributed by atoms with Crippen LogP contribution in [0.15, 0.2) is 24.3 Å². The molecule has 0 bridgehead atoms. The minimum atomic E-state index is 0.109. The molecule has 0 spiro atoms. The molecule has 6 nitrogen and oxygen atoms in total. The lowest BCUT2D eigenvalue weighted by Crippen LogP contribution is -2.42. The van der Waals surface area contributed by atoms with Gasteiger partial charge in [0.15, 0.2) is 0 Å². The molecule has 1 N–H and O–H groups in total. The van der Waals surface area contributed by atoms with Gasteiger partial charge in [-0.1, -0.05) is 12.1 Å². The molecule has 0 aromatic heterocycles. The highest BCUT2D eigenvalue weighted by Crippen LogP contribution is 2.21. The number of hydrogen-bond acceptors (Lipinski definition) is 5. The molecule has 2 aliphatic heterocycles. The smallest absolute Gasteiger partial charge is 0.234 e. The number of amides is 1. The average molecular weight is 376 g/mol. The van der Waals surface area contributed by atoms with Gasteiger partial charge in [-0.15, -0.1) is 0 Å². The molecule has 1 aromatic carbocycles. The van der Waals surface area contributed by atoms with E-state index in [-0.39, 0.29) is 5.91 Å². The molecule has 0 saturated carbocycles. The highest BCUT2D eigenvalue weighted by atomic mass is 16.5. The fraction of sp³-hybridized carbons (Fsp3) is 0.667. The van der Waals surface area contributed by atoms with E-state index < -0.39 is 0 Å². The number of ether oxygens (including phenoxy) is 2. The first-order valence-electron chi connectivity index (χ1n) is 10.1. The third-order valence-electron chi connectivity index (χ3n) is 5.68. The Kier molecular flexibility index (Phi) is 7.93. The predicted molar refractivity (Wildman–Crippen MR) is 106 cm³/mol. The summed E-state index contributed by atoms with van der Waals surface area (Å²) in [5, 5.41) is 3.02. The number of hydrogen-bond donors (Lipinski definition) is 1. The summed E-state index contributed by atoms with van der Waals surface area (Å²) >= 11 is 0. The van der Waals surface area contributed by atoms with Gasteiger partial charge in [-0.25, -0.2) is 0 Å². The zero-order valence-corrected chi connectivity index (χ0v) is 16.5. The second kappa shape index (κ2) is 10.6. The quantitative estimate of drug-likeness (QED) is 0.750. The summed E-state index contributed by atoms with van der Waals surface area (Å²) in [7, 11) is 1.66. The Morgan fingerprint density at radius 1 is 1.11 bits per heavy atom. The molecule has 2 heterocycles. The van der Waals surface area contributed by atoms with Gasteiger partial charge in [-0.3, -0.25) is 14.6 Å². The average Bonchev–Trinajstić information content (AvgIpc) is 2.73. The van der Waals surface area contributed by atoms with Crippen molar-refractivity contribution in [1.29, 1.82) is 0 Å². The molecule has 27 heavy (non-hydrogen) atoms. The monoisotopic (exact) mass is 375 g/mol.